The molecule has 0 unspecified atom stereocenters. The Morgan fingerprint density at radius 1 is 0.607 bits per heavy atom. The molecule has 0 saturated heterocycles. The fourth-order valence-electron chi connectivity index (χ4n) is 7.17. The number of imidazole rings is 1. The molecule has 56 heavy (non-hydrogen) atoms. The molecule has 8 rings (SSSR count). The van der Waals surface area contributed by atoms with Crippen molar-refractivity contribution < 1.29 is 30.3 Å². The average Bonchev–Trinajstić information content (AvgIpc) is 3.60. The number of phenols is 1. The second kappa shape index (κ2) is 15.2. The van der Waals surface area contributed by atoms with E-state index in [-0.39, 0.29) is 43.2 Å². The van der Waals surface area contributed by atoms with Gasteiger partial charge in [-0.05, 0) is 87.5 Å². The second-order valence-corrected chi connectivity index (χ2v) is 16.3. The molecule has 0 bridgehead atoms. The molecule has 0 radical (unpaired) electrons. The maximum atomic E-state index is 11.2. The van der Waals surface area contributed by atoms with Crippen molar-refractivity contribution in [2.24, 2.45) is 0 Å². The van der Waals surface area contributed by atoms with E-state index in [4.69, 9.17) is 14.1 Å². The van der Waals surface area contributed by atoms with Gasteiger partial charge in [-0.3, -0.25) is 9.55 Å². The number of fused-ring (bicyclic) bond motifs is 1. The largest absolute Gasteiger partial charge is 0.507 e. The zero-order valence-electron chi connectivity index (χ0n) is 35.5. The number of benzene rings is 6. The van der Waals surface area contributed by atoms with E-state index in [1.807, 2.05) is 89.6 Å². The van der Waals surface area contributed by atoms with Crippen LogP contribution in [0.4, 0.5) is 0 Å². The van der Waals surface area contributed by atoms with Crippen LogP contribution < -0.4 is 0 Å². The molecule has 6 aromatic carbocycles. The van der Waals surface area contributed by atoms with Crippen LogP contribution in [-0.4, -0.2) is 19.6 Å². The van der Waals surface area contributed by atoms with Crippen LogP contribution in [0.5, 0.6) is 5.75 Å². The van der Waals surface area contributed by atoms with Crippen LogP contribution in [0.1, 0.15) is 62.3 Å². The first-order chi connectivity index (χ1) is 27.6. The third-order valence-electron chi connectivity index (χ3n) is 10.3. The molecule has 282 valence electrons. The van der Waals surface area contributed by atoms with E-state index in [1.165, 1.54) is 5.56 Å². The van der Waals surface area contributed by atoms with Crippen LogP contribution in [-0.2, 0) is 31.9 Å². The van der Waals surface area contributed by atoms with Gasteiger partial charge in [-0.15, -0.1) is 29.3 Å². The summed E-state index contributed by atoms with van der Waals surface area (Å²) >= 11 is 0. The van der Waals surface area contributed by atoms with Crippen molar-refractivity contribution in [2.45, 2.75) is 59.2 Å². The number of aromatic hydroxyl groups is 1. The van der Waals surface area contributed by atoms with Crippen LogP contribution in [0.25, 0.3) is 72.7 Å². The van der Waals surface area contributed by atoms with Crippen LogP contribution in [0.3, 0.4) is 0 Å². The number of para-hydroxylation sites is 2. The van der Waals surface area contributed by atoms with E-state index in [0.717, 1.165) is 50.2 Å². The Morgan fingerprint density at radius 2 is 1.30 bits per heavy atom. The Labute approximate surface area is 349 Å². The monoisotopic (exact) mass is 914 g/mol. The Balaban J connectivity index is 0.00000528. The van der Waals surface area contributed by atoms with Gasteiger partial charge >= 0.3 is 0 Å². The molecule has 2 aromatic heterocycles. The Morgan fingerprint density at radius 3 is 2.02 bits per heavy atom. The summed E-state index contributed by atoms with van der Waals surface area (Å²) in [5.41, 5.74) is 12.1. The molecule has 5 heteroatoms. The van der Waals surface area contributed by atoms with Crippen LogP contribution in [0, 0.1) is 12.9 Å². The molecule has 2 heterocycles. The number of rotatable bonds is 6. The Bertz CT molecular complexity index is 2800. The minimum atomic E-state index is -2.39. The smallest absolute Gasteiger partial charge is 0.148 e. The summed E-state index contributed by atoms with van der Waals surface area (Å²) in [6.45, 7) is 10.9. The van der Waals surface area contributed by atoms with Crippen molar-refractivity contribution in [3.05, 3.63) is 168 Å². The molecule has 1 N–H and O–H groups in total. The van der Waals surface area contributed by atoms with Crippen LogP contribution in [0.15, 0.2) is 146 Å². The maximum absolute atomic E-state index is 11.2. The van der Waals surface area contributed by atoms with Crippen LogP contribution in [0.2, 0.25) is 0 Å². The summed E-state index contributed by atoms with van der Waals surface area (Å²) in [7, 11) is 0. The Hall–Kier alpha value is -5.57. The van der Waals surface area contributed by atoms with Crippen molar-refractivity contribution in [3.8, 4) is 67.5 Å². The van der Waals surface area contributed by atoms with Crippen molar-refractivity contribution in [2.75, 3.05) is 0 Å². The van der Waals surface area contributed by atoms with Crippen molar-refractivity contribution in [1.29, 1.82) is 0 Å². The van der Waals surface area contributed by atoms with Gasteiger partial charge in [0.1, 0.15) is 11.6 Å². The van der Waals surface area contributed by atoms with Gasteiger partial charge < -0.3 is 5.11 Å². The molecule has 0 saturated carbocycles. The van der Waals surface area contributed by atoms with E-state index < -0.39 is 6.85 Å². The number of nitrogens with zero attached hydrogens (tertiary/aromatic N) is 3. The first kappa shape index (κ1) is 34.9. The fraction of sp³-hybridized carbons (Fsp3) is 0.176. The number of aryl methyl sites for hydroxylation is 1. The van der Waals surface area contributed by atoms with Gasteiger partial charge in [0.25, 0.3) is 0 Å². The van der Waals surface area contributed by atoms with Gasteiger partial charge in [-0.2, -0.15) is 0 Å². The summed E-state index contributed by atoms with van der Waals surface area (Å²) in [5, 5.41) is 11.2. The van der Waals surface area contributed by atoms with E-state index in [9.17, 15) is 5.11 Å². The standard InChI is InChI=1S/C51H46N3O.Pt/c1-33-28-41(24-25-42(33)35-14-9-8-10-15-35)54-46-18-13-17-43(48(46)53-49(54)44-16-11-12-19-47(44)55)37-29-38(31-40(30-37)51(5,6)7)45-32-36(26-27-52-45)34-20-22-39(23-21-34)50(2,3)4;/h8-28,30-32,55H,1-7H3;/q-1;/i1D3;. The fourth-order valence-corrected chi connectivity index (χ4v) is 7.17. The van der Waals surface area contributed by atoms with Gasteiger partial charge in [0.2, 0.25) is 0 Å². The average molecular weight is 915 g/mol. The van der Waals surface area contributed by atoms with Crippen molar-refractivity contribution in [3.63, 3.8) is 0 Å². The Kier molecular flexibility index (Phi) is 9.45. The predicted molar refractivity (Wildman–Crippen MR) is 229 cm³/mol. The molecule has 0 spiro atoms. The summed E-state index contributed by atoms with van der Waals surface area (Å²) in [4.78, 5) is 10.1. The number of pyridine rings is 1. The number of hydrogen-bond donors (Lipinski definition) is 1. The SMILES string of the molecule is [2H]C([2H])([2H])c1cc(-n2c(-c3ccccc3O)nc3c(-c4[c-]c(-c5cc(-c6ccc(C(C)(C)C)cc6)ccn5)cc(C(C)(C)C)c4)cccc32)ccc1-c1ccccc1.[Pt]. The zero-order valence-corrected chi connectivity index (χ0v) is 34.7. The number of aromatic nitrogens is 3. The molecule has 0 aliphatic carbocycles. The van der Waals surface area contributed by atoms with E-state index >= 15 is 0 Å². The summed E-state index contributed by atoms with van der Waals surface area (Å²) in [5.74, 6) is 0.559. The third-order valence-corrected chi connectivity index (χ3v) is 10.3. The maximum Gasteiger partial charge on any atom is 0.148 e. The van der Waals surface area contributed by atoms with Gasteiger partial charge in [0.15, 0.2) is 0 Å². The predicted octanol–water partition coefficient (Wildman–Crippen LogP) is 13.2. The van der Waals surface area contributed by atoms with Crippen molar-refractivity contribution >= 4 is 11.0 Å². The topological polar surface area (TPSA) is 50.9 Å². The molecule has 8 aromatic rings. The van der Waals surface area contributed by atoms with Gasteiger partial charge in [-0.25, -0.2) is 4.98 Å². The normalized spacial score (nSPS) is 12.8. The van der Waals surface area contributed by atoms with Gasteiger partial charge in [0, 0.05) is 42.8 Å². The summed E-state index contributed by atoms with van der Waals surface area (Å²) < 4.78 is 27.6. The summed E-state index contributed by atoms with van der Waals surface area (Å²) in [6, 6.07) is 49.2. The van der Waals surface area contributed by atoms with Crippen LogP contribution >= 0.6 is 0 Å². The van der Waals surface area contributed by atoms with Gasteiger partial charge in [0.05, 0.1) is 16.6 Å². The molecular weight excluding hydrogens is 866 g/mol. The third kappa shape index (κ3) is 7.51. The quantitative estimate of drug-likeness (QED) is 0.169. The van der Waals surface area contributed by atoms with Gasteiger partial charge in [-0.1, -0.05) is 144 Å². The van der Waals surface area contributed by atoms with E-state index in [1.54, 1.807) is 18.2 Å². The summed E-state index contributed by atoms with van der Waals surface area (Å²) in [6.07, 6.45) is 1.86. The van der Waals surface area contributed by atoms with E-state index in [2.05, 4.69) is 90.1 Å². The molecule has 0 amide bonds. The first-order valence-electron chi connectivity index (χ1n) is 20.2. The molecule has 4 nitrogen and oxygen atoms in total. The molecule has 0 atom stereocenters. The van der Waals surface area contributed by atoms with Crippen molar-refractivity contribution in [1.82, 2.24) is 14.5 Å². The number of hydrogen-bond acceptors (Lipinski definition) is 3. The second-order valence-electron chi connectivity index (χ2n) is 16.3. The minimum absolute atomic E-state index is 0. The molecule has 0 aliphatic rings. The van der Waals surface area contributed by atoms with E-state index in [0.29, 0.717) is 28.2 Å². The number of phenolic OH excluding ortho intramolecular Hbond substituents is 1. The molecule has 0 aliphatic heterocycles. The molecule has 0 fully saturated rings. The minimum Gasteiger partial charge on any atom is -0.507 e. The first-order valence-corrected chi connectivity index (χ1v) is 18.7. The molecular formula is C51H46N3OPt-. The zero-order chi connectivity index (χ0) is 41.0.